The molecule has 1 saturated carbocycles. The monoisotopic (exact) mass is 696 g/mol. The molecule has 2 N–H and O–H groups in total. The van der Waals surface area contributed by atoms with Crippen LogP contribution in [0.2, 0.25) is 10.0 Å². The van der Waals surface area contributed by atoms with Gasteiger partial charge in [-0.15, -0.1) is 0 Å². The number of hydrogen-bond acceptors (Lipinski definition) is 7. The summed E-state index contributed by atoms with van der Waals surface area (Å²) in [6.07, 6.45) is 3.88. The summed E-state index contributed by atoms with van der Waals surface area (Å²) in [5, 5.41) is 7.68. The lowest BCUT2D eigenvalue weighted by Gasteiger charge is -2.49. The molecule has 2 amide bonds. The van der Waals surface area contributed by atoms with Gasteiger partial charge in [-0.1, -0.05) is 89.7 Å². The summed E-state index contributed by atoms with van der Waals surface area (Å²) in [6.45, 7) is 1.86. The molecule has 3 aromatic carbocycles. The van der Waals surface area contributed by atoms with E-state index in [9.17, 15) is 22.8 Å². The van der Waals surface area contributed by atoms with Crippen LogP contribution < -0.4 is 10.0 Å². The molecule has 2 aliphatic heterocycles. The number of hydrogen-bond donors (Lipinski definition) is 2. The number of carbonyl (C=O) groups excluding carboxylic acids is 3. The number of sulfonamides is 1. The van der Waals surface area contributed by atoms with Gasteiger partial charge in [0.15, 0.2) is 0 Å². The molecule has 3 aromatic rings. The van der Waals surface area contributed by atoms with E-state index in [1.807, 2.05) is 31.2 Å². The number of nitrogens with one attached hydrogen (secondary N) is 2. The van der Waals surface area contributed by atoms with Crippen molar-refractivity contribution in [3.8, 4) is 0 Å². The second-order valence-electron chi connectivity index (χ2n) is 12.3. The van der Waals surface area contributed by atoms with E-state index in [2.05, 4.69) is 15.2 Å². The van der Waals surface area contributed by atoms with Crippen LogP contribution in [0.15, 0.2) is 71.9 Å². The SMILES string of the molecule is CC(NC(=O)[C@@H]1c2ccccc2C(=O)N([C@H]2CCCC[C@@H]2NS(C)(=O)=O)[C@H]1c1ccc(Cl)cc1Cl)c1ccc(C2=NOC(=O)C2)cc1. The predicted molar refractivity (Wildman–Crippen MR) is 179 cm³/mol. The van der Waals surface area contributed by atoms with Gasteiger partial charge >= 0.3 is 5.97 Å². The van der Waals surface area contributed by atoms with Gasteiger partial charge in [-0.25, -0.2) is 17.9 Å². The van der Waals surface area contributed by atoms with E-state index in [4.69, 9.17) is 28.0 Å². The highest BCUT2D eigenvalue weighted by molar-refractivity contribution is 7.88. The molecule has 47 heavy (non-hydrogen) atoms. The van der Waals surface area contributed by atoms with Gasteiger partial charge in [0.25, 0.3) is 5.91 Å². The molecule has 1 unspecified atom stereocenters. The van der Waals surface area contributed by atoms with Crippen molar-refractivity contribution in [1.82, 2.24) is 14.9 Å². The highest BCUT2D eigenvalue weighted by atomic mass is 35.5. The third-order valence-electron chi connectivity index (χ3n) is 9.06. The lowest BCUT2D eigenvalue weighted by molar-refractivity contribution is -0.140. The Morgan fingerprint density at radius 1 is 1.00 bits per heavy atom. The number of carbonyl (C=O) groups is 3. The minimum Gasteiger partial charge on any atom is -0.349 e. The maximum absolute atomic E-state index is 14.6. The van der Waals surface area contributed by atoms with E-state index < -0.39 is 46.1 Å². The first-order valence-corrected chi connectivity index (χ1v) is 18.1. The molecule has 0 aromatic heterocycles. The van der Waals surface area contributed by atoms with E-state index >= 15 is 0 Å². The molecule has 0 bridgehead atoms. The minimum atomic E-state index is -3.60. The summed E-state index contributed by atoms with van der Waals surface area (Å²) >= 11 is 13.1. The van der Waals surface area contributed by atoms with Crippen molar-refractivity contribution in [3.05, 3.63) is 105 Å². The standard InChI is InChI=1S/C34H34Cl2N4O6S/c1-19(20-11-13-21(14-12-20)28-18-30(41)46-38-28)37-33(42)31-23-7-3-4-8-24(23)34(43)40(32(31)25-16-15-22(35)17-26(25)36)29-10-6-5-9-27(29)39-47(2,44)45/h3-4,7-8,11-17,19,27,29,31-32,39H,5-6,9-10,18H2,1-2H3,(H,37,42)/t19?,27-,29-,31+,32-/m0/s1. The zero-order valence-corrected chi connectivity index (χ0v) is 28.1. The molecular formula is C34H34Cl2N4O6S. The van der Waals surface area contributed by atoms with Gasteiger partial charge in [0.2, 0.25) is 15.9 Å². The molecule has 0 spiro atoms. The minimum absolute atomic E-state index is 0.0954. The zero-order chi connectivity index (χ0) is 33.5. The van der Waals surface area contributed by atoms with Crippen molar-refractivity contribution in [2.24, 2.45) is 5.16 Å². The smallest absolute Gasteiger partial charge is 0.341 e. The summed E-state index contributed by atoms with van der Waals surface area (Å²) in [5.74, 6) is -1.92. The number of oxime groups is 1. The van der Waals surface area contributed by atoms with Crippen LogP contribution in [0.5, 0.6) is 0 Å². The third kappa shape index (κ3) is 6.94. The fraction of sp³-hybridized carbons (Fsp3) is 0.353. The zero-order valence-electron chi connectivity index (χ0n) is 25.8. The second-order valence-corrected chi connectivity index (χ2v) is 14.9. The molecular weight excluding hydrogens is 663 g/mol. The van der Waals surface area contributed by atoms with Crippen LogP contribution in [0.25, 0.3) is 0 Å². The van der Waals surface area contributed by atoms with Crippen molar-refractivity contribution in [2.75, 3.05) is 6.26 Å². The first-order valence-electron chi connectivity index (χ1n) is 15.4. The van der Waals surface area contributed by atoms with Crippen LogP contribution in [-0.2, 0) is 24.4 Å². The Labute approximate surface area is 283 Å². The largest absolute Gasteiger partial charge is 0.349 e. The topological polar surface area (TPSA) is 134 Å². The van der Waals surface area contributed by atoms with Gasteiger partial charge in [0.1, 0.15) is 0 Å². The fourth-order valence-corrected chi connectivity index (χ4v) is 8.29. The number of benzene rings is 3. The van der Waals surface area contributed by atoms with Crippen molar-refractivity contribution >= 4 is 56.7 Å². The summed E-state index contributed by atoms with van der Waals surface area (Å²) in [6, 6.07) is 17.0. The second kappa shape index (κ2) is 13.4. The Morgan fingerprint density at radius 2 is 1.72 bits per heavy atom. The number of amides is 2. The number of fused-ring (bicyclic) bond motifs is 1. The van der Waals surface area contributed by atoms with Crippen LogP contribution in [0.4, 0.5) is 0 Å². The molecule has 13 heteroatoms. The Hall–Kier alpha value is -3.77. The van der Waals surface area contributed by atoms with E-state index in [1.165, 1.54) is 0 Å². The first kappa shape index (κ1) is 33.1. The average Bonchev–Trinajstić information content (AvgIpc) is 3.47. The summed E-state index contributed by atoms with van der Waals surface area (Å²) in [4.78, 5) is 46.9. The Bertz CT molecular complexity index is 1870. The van der Waals surface area contributed by atoms with Crippen molar-refractivity contribution in [2.45, 2.75) is 69.1 Å². The van der Waals surface area contributed by atoms with Crippen molar-refractivity contribution < 1.29 is 27.6 Å². The first-order chi connectivity index (χ1) is 22.4. The highest BCUT2D eigenvalue weighted by Crippen LogP contribution is 2.48. The number of nitrogens with zero attached hydrogens (tertiary/aromatic N) is 2. The van der Waals surface area contributed by atoms with E-state index in [0.717, 1.165) is 30.2 Å². The van der Waals surface area contributed by atoms with E-state index in [0.29, 0.717) is 45.3 Å². The molecule has 246 valence electrons. The quantitative estimate of drug-likeness (QED) is 0.292. The van der Waals surface area contributed by atoms with Crippen LogP contribution >= 0.6 is 23.2 Å². The van der Waals surface area contributed by atoms with E-state index in [1.54, 1.807) is 47.4 Å². The fourth-order valence-electron chi connectivity index (χ4n) is 6.94. The Kier molecular flexibility index (Phi) is 9.44. The molecule has 0 radical (unpaired) electrons. The average molecular weight is 698 g/mol. The summed E-state index contributed by atoms with van der Waals surface area (Å²) < 4.78 is 27.7. The van der Waals surface area contributed by atoms with Gasteiger partial charge in [-0.3, -0.25) is 9.59 Å². The van der Waals surface area contributed by atoms with Crippen LogP contribution in [-0.4, -0.2) is 55.2 Å². The van der Waals surface area contributed by atoms with Gasteiger partial charge in [0, 0.05) is 27.7 Å². The van der Waals surface area contributed by atoms with Gasteiger partial charge in [-0.2, -0.15) is 0 Å². The van der Waals surface area contributed by atoms with E-state index in [-0.39, 0.29) is 18.2 Å². The molecule has 5 atom stereocenters. The van der Waals surface area contributed by atoms with Crippen molar-refractivity contribution in [1.29, 1.82) is 0 Å². The Balaban J connectivity index is 1.41. The maximum atomic E-state index is 14.6. The normalized spacial score (nSPS) is 23.5. The molecule has 1 aliphatic carbocycles. The van der Waals surface area contributed by atoms with Crippen LogP contribution in [0.3, 0.4) is 0 Å². The summed E-state index contributed by atoms with van der Waals surface area (Å²) in [5.41, 5.74) is 3.57. The van der Waals surface area contributed by atoms with Gasteiger partial charge in [-0.05, 0) is 60.2 Å². The lowest BCUT2D eigenvalue weighted by Crippen LogP contribution is -2.59. The molecule has 1 fully saturated rings. The predicted octanol–water partition coefficient (Wildman–Crippen LogP) is 5.66. The molecule has 3 aliphatic rings. The lowest BCUT2D eigenvalue weighted by atomic mass is 9.76. The Morgan fingerprint density at radius 3 is 2.40 bits per heavy atom. The van der Waals surface area contributed by atoms with Crippen molar-refractivity contribution in [3.63, 3.8) is 0 Å². The van der Waals surface area contributed by atoms with Crippen LogP contribution in [0.1, 0.15) is 89.6 Å². The number of halogens is 2. The van der Waals surface area contributed by atoms with Gasteiger partial charge in [0.05, 0.1) is 36.4 Å². The molecule has 10 nitrogen and oxygen atoms in total. The van der Waals surface area contributed by atoms with Crippen LogP contribution in [0, 0.1) is 0 Å². The maximum Gasteiger partial charge on any atom is 0.341 e. The highest BCUT2D eigenvalue weighted by Gasteiger charge is 2.49. The molecule has 2 heterocycles. The van der Waals surface area contributed by atoms with Gasteiger partial charge < -0.3 is 15.1 Å². The number of rotatable bonds is 8. The molecule has 0 saturated heterocycles. The third-order valence-corrected chi connectivity index (χ3v) is 10.4. The summed E-state index contributed by atoms with van der Waals surface area (Å²) in [7, 11) is -3.60. The molecule has 6 rings (SSSR count).